The fourth-order valence-corrected chi connectivity index (χ4v) is 2.87. The minimum Gasteiger partial charge on any atom is -0.400 e. The van der Waals surface area contributed by atoms with Gasteiger partial charge in [0.2, 0.25) is 0 Å². The Morgan fingerprint density at radius 2 is 1.86 bits per heavy atom. The van der Waals surface area contributed by atoms with Crippen molar-refractivity contribution in [3.63, 3.8) is 0 Å². The monoisotopic (exact) mass is 469 g/mol. The fourth-order valence-electron chi connectivity index (χ4n) is 2.46. The standard InChI is InChI=1S/C17H18BrF.C5H13N.C2H6.CH4O/c1-4-14(8-6-7-11-19)13(3)17-10-9-16(18)12-15(17)5-2;1-4-5-6(2)3;2*1-2/h4,6-7,9-13H,1,5H2,2-3H3;4-5H2,1-3H3;1-2H3;2H,1H3/b11-7+;;;. The van der Waals surface area contributed by atoms with Gasteiger partial charge in [0.05, 0.1) is 6.33 Å². The number of hydrogen-bond acceptors (Lipinski definition) is 2. The van der Waals surface area contributed by atoms with Crippen molar-refractivity contribution in [3.05, 3.63) is 76.2 Å². The Morgan fingerprint density at radius 3 is 2.24 bits per heavy atom. The lowest BCUT2D eigenvalue weighted by Gasteiger charge is -2.16. The molecule has 0 aromatic heterocycles. The molecule has 1 aromatic carbocycles. The molecule has 1 atom stereocenters. The number of aryl methyl sites for hydroxylation is 1. The molecular weight excluding hydrogens is 429 g/mol. The second kappa shape index (κ2) is 22.8. The van der Waals surface area contributed by atoms with Crippen LogP contribution in [0.1, 0.15) is 58.1 Å². The summed E-state index contributed by atoms with van der Waals surface area (Å²) in [7, 11) is 5.17. The van der Waals surface area contributed by atoms with E-state index in [9.17, 15) is 4.39 Å². The molecule has 2 nitrogen and oxygen atoms in total. The predicted molar refractivity (Wildman–Crippen MR) is 132 cm³/mol. The average molecular weight is 471 g/mol. The van der Waals surface area contributed by atoms with Gasteiger partial charge in [-0.2, -0.15) is 0 Å². The molecule has 166 valence electrons. The zero-order chi connectivity index (χ0) is 23.2. The molecule has 0 fully saturated rings. The van der Waals surface area contributed by atoms with Gasteiger partial charge in [0, 0.05) is 23.1 Å². The van der Waals surface area contributed by atoms with E-state index in [-0.39, 0.29) is 5.92 Å². The van der Waals surface area contributed by atoms with Crippen molar-refractivity contribution < 1.29 is 9.50 Å². The Bertz CT molecular complexity index is 617. The highest BCUT2D eigenvalue weighted by molar-refractivity contribution is 9.10. The first kappa shape index (κ1) is 32.2. The maximum absolute atomic E-state index is 11.9. The molecule has 0 amide bonds. The van der Waals surface area contributed by atoms with Crippen molar-refractivity contribution >= 4 is 15.9 Å². The van der Waals surface area contributed by atoms with Crippen molar-refractivity contribution in [1.29, 1.82) is 0 Å². The van der Waals surface area contributed by atoms with E-state index in [1.165, 1.54) is 30.2 Å². The van der Waals surface area contributed by atoms with Crippen molar-refractivity contribution in [2.24, 2.45) is 0 Å². The lowest BCUT2D eigenvalue weighted by atomic mass is 9.89. The van der Waals surface area contributed by atoms with E-state index in [1.807, 2.05) is 19.9 Å². The largest absolute Gasteiger partial charge is 0.400 e. The van der Waals surface area contributed by atoms with Crippen LogP contribution < -0.4 is 0 Å². The summed E-state index contributed by atoms with van der Waals surface area (Å²) in [5.74, 6) is 0.185. The summed E-state index contributed by atoms with van der Waals surface area (Å²) in [5.41, 5.74) is 6.57. The number of hydrogen-bond donors (Lipinski definition) is 1. The van der Waals surface area contributed by atoms with Crippen molar-refractivity contribution in [2.75, 3.05) is 27.7 Å². The Hall–Kier alpha value is -1.45. The first-order valence-corrected chi connectivity index (χ1v) is 10.9. The van der Waals surface area contributed by atoms with Crippen LogP contribution in [0.2, 0.25) is 0 Å². The van der Waals surface area contributed by atoms with Gasteiger partial charge in [-0.15, -0.1) is 5.73 Å². The van der Waals surface area contributed by atoms with Crippen LogP contribution in [0.5, 0.6) is 0 Å². The quantitative estimate of drug-likeness (QED) is 0.330. The van der Waals surface area contributed by atoms with Gasteiger partial charge >= 0.3 is 0 Å². The van der Waals surface area contributed by atoms with E-state index in [0.29, 0.717) is 6.33 Å². The third-order valence-corrected chi connectivity index (χ3v) is 4.22. The Labute approximate surface area is 187 Å². The highest BCUT2D eigenvalue weighted by Gasteiger charge is 2.12. The van der Waals surface area contributed by atoms with Crippen LogP contribution in [0.25, 0.3) is 0 Å². The number of allylic oxidation sites excluding steroid dienone is 3. The molecule has 29 heavy (non-hydrogen) atoms. The summed E-state index contributed by atoms with van der Waals surface area (Å²) < 4.78 is 13.0. The molecule has 0 saturated heterocycles. The van der Waals surface area contributed by atoms with Crippen molar-refractivity contribution in [3.8, 4) is 0 Å². The molecule has 4 heteroatoms. The zero-order valence-electron chi connectivity index (χ0n) is 19.6. The summed E-state index contributed by atoms with van der Waals surface area (Å²) in [5, 5.41) is 7.00. The first-order chi connectivity index (χ1) is 13.9. The van der Waals surface area contributed by atoms with Crippen molar-refractivity contribution in [2.45, 2.75) is 53.4 Å². The minimum absolute atomic E-state index is 0.185. The van der Waals surface area contributed by atoms with Crippen LogP contribution in [0.15, 0.2) is 65.1 Å². The van der Waals surface area contributed by atoms with Gasteiger partial charge in [0.25, 0.3) is 0 Å². The third kappa shape index (κ3) is 16.1. The Kier molecular flexibility index (Phi) is 25.4. The van der Waals surface area contributed by atoms with Crippen LogP contribution in [-0.4, -0.2) is 37.8 Å². The lowest BCUT2D eigenvalue weighted by molar-refractivity contribution is 0.399. The molecule has 0 bridgehead atoms. The highest BCUT2D eigenvalue weighted by Crippen LogP contribution is 2.29. The van der Waals surface area contributed by atoms with Crippen molar-refractivity contribution in [1.82, 2.24) is 4.90 Å². The van der Waals surface area contributed by atoms with Crippen LogP contribution >= 0.6 is 15.9 Å². The second-order valence-corrected chi connectivity index (χ2v) is 6.93. The normalized spacial score (nSPS) is 10.3. The molecule has 0 spiro atoms. The predicted octanol–water partition coefficient (Wildman–Crippen LogP) is 7.46. The molecule has 1 unspecified atom stereocenters. The molecule has 0 radical (unpaired) electrons. The smallest absolute Gasteiger partial charge is 0.0873 e. The number of halogens is 2. The van der Waals surface area contributed by atoms with Gasteiger partial charge in [0.1, 0.15) is 0 Å². The second-order valence-electron chi connectivity index (χ2n) is 6.01. The summed E-state index contributed by atoms with van der Waals surface area (Å²) in [4.78, 5) is 2.18. The number of nitrogens with zero attached hydrogens (tertiary/aromatic N) is 1. The van der Waals surface area contributed by atoms with Gasteiger partial charge in [-0.25, -0.2) is 4.39 Å². The van der Waals surface area contributed by atoms with Gasteiger partial charge in [-0.3, -0.25) is 0 Å². The molecule has 0 heterocycles. The van der Waals surface area contributed by atoms with Gasteiger partial charge in [-0.1, -0.05) is 69.3 Å². The van der Waals surface area contributed by atoms with Crippen LogP contribution in [0.3, 0.4) is 0 Å². The van der Waals surface area contributed by atoms with E-state index in [2.05, 4.69) is 80.1 Å². The van der Waals surface area contributed by atoms with Gasteiger partial charge in [0.15, 0.2) is 0 Å². The summed E-state index contributed by atoms with van der Waals surface area (Å²) in [6, 6.07) is 6.29. The molecule has 0 aliphatic rings. The molecule has 0 aliphatic heterocycles. The van der Waals surface area contributed by atoms with E-state index in [0.717, 1.165) is 23.6 Å². The van der Waals surface area contributed by atoms with E-state index < -0.39 is 0 Å². The minimum atomic E-state index is 0.185. The lowest BCUT2D eigenvalue weighted by Crippen LogP contribution is -2.11. The SMILES string of the molecule is C=CC(=C=C/C=C/F)C(C)c1ccc(Br)cc1CC.CC.CCCN(C)C.CO. The fraction of sp³-hybridized carbons (Fsp3) is 0.480. The van der Waals surface area contributed by atoms with E-state index in [4.69, 9.17) is 5.11 Å². The first-order valence-electron chi connectivity index (χ1n) is 10.1. The molecule has 0 saturated carbocycles. The Balaban J connectivity index is -0.000000570. The average Bonchev–Trinajstić information content (AvgIpc) is 2.74. The highest BCUT2D eigenvalue weighted by atomic mass is 79.9. The van der Waals surface area contributed by atoms with E-state index >= 15 is 0 Å². The number of benzene rings is 1. The Morgan fingerprint density at radius 1 is 1.28 bits per heavy atom. The number of aliphatic hydroxyl groups excluding tert-OH is 1. The molecule has 1 rings (SSSR count). The molecule has 0 aliphatic carbocycles. The van der Waals surface area contributed by atoms with Crippen LogP contribution in [-0.2, 0) is 6.42 Å². The third-order valence-electron chi connectivity index (χ3n) is 3.73. The zero-order valence-corrected chi connectivity index (χ0v) is 21.2. The maximum atomic E-state index is 11.9. The molecule has 1 aromatic rings. The summed E-state index contributed by atoms with van der Waals surface area (Å²) >= 11 is 3.49. The topological polar surface area (TPSA) is 23.5 Å². The summed E-state index contributed by atoms with van der Waals surface area (Å²) in [6.45, 7) is 15.4. The van der Waals surface area contributed by atoms with Gasteiger partial charge < -0.3 is 10.0 Å². The maximum Gasteiger partial charge on any atom is 0.0873 e. The molecular formula is C25H41BrFNO. The molecule has 1 N–H and O–H groups in total. The van der Waals surface area contributed by atoms with Gasteiger partial charge in [-0.05, 0) is 68.9 Å². The van der Waals surface area contributed by atoms with E-state index in [1.54, 1.807) is 12.2 Å². The van der Waals surface area contributed by atoms with Crippen LogP contribution in [0, 0.1) is 0 Å². The number of rotatable bonds is 7. The number of aliphatic hydroxyl groups is 1. The summed E-state index contributed by atoms with van der Waals surface area (Å²) in [6.07, 6.45) is 7.38. The van der Waals surface area contributed by atoms with Crippen LogP contribution in [0.4, 0.5) is 4.39 Å².